The number of ether oxygens (including phenoxy) is 1. The first-order valence-corrected chi connectivity index (χ1v) is 7.94. The minimum atomic E-state index is -0.715. The molecule has 1 aliphatic carbocycles. The van der Waals surface area contributed by atoms with Crippen LogP contribution in [0.25, 0.3) is 10.4 Å². The molecule has 0 spiro atoms. The number of urea groups is 1. The van der Waals surface area contributed by atoms with E-state index in [1.54, 1.807) is 7.11 Å². The van der Waals surface area contributed by atoms with Gasteiger partial charge in [-0.25, -0.2) is 4.79 Å². The van der Waals surface area contributed by atoms with E-state index in [9.17, 15) is 9.59 Å². The Labute approximate surface area is 137 Å². The van der Waals surface area contributed by atoms with E-state index in [-0.39, 0.29) is 0 Å². The van der Waals surface area contributed by atoms with Crippen LogP contribution in [0, 0.1) is 6.92 Å². The van der Waals surface area contributed by atoms with E-state index in [1.165, 1.54) is 11.3 Å². The number of amides is 3. The van der Waals surface area contributed by atoms with Crippen molar-refractivity contribution in [1.82, 2.24) is 0 Å². The van der Waals surface area contributed by atoms with Gasteiger partial charge in [0.1, 0.15) is 10.8 Å². The predicted molar refractivity (Wildman–Crippen MR) is 90.2 cm³/mol. The van der Waals surface area contributed by atoms with Crippen molar-refractivity contribution >= 4 is 28.3 Å². The summed E-state index contributed by atoms with van der Waals surface area (Å²) in [4.78, 5) is 24.0. The number of rotatable bonds is 3. The summed E-state index contributed by atoms with van der Waals surface area (Å²) >= 11 is 1.32. The second kappa shape index (κ2) is 5.58. The van der Waals surface area contributed by atoms with Crippen LogP contribution >= 0.6 is 11.3 Å². The van der Waals surface area contributed by atoms with E-state index in [1.807, 2.05) is 19.1 Å². The van der Waals surface area contributed by atoms with E-state index in [2.05, 4.69) is 5.32 Å². The fourth-order valence-corrected chi connectivity index (χ4v) is 4.43. The number of fused-ring (bicyclic) bond motifs is 3. The molecular weight excluding hydrogens is 314 g/mol. The first-order valence-electron chi connectivity index (χ1n) is 7.12. The molecule has 2 aromatic rings. The van der Waals surface area contributed by atoms with E-state index < -0.39 is 11.9 Å². The summed E-state index contributed by atoms with van der Waals surface area (Å²) in [5, 5.41) is 2.91. The number of carbonyl (C=O) groups excluding carboxylic acids is 2. The third-order valence-electron chi connectivity index (χ3n) is 4.02. The van der Waals surface area contributed by atoms with Crippen LogP contribution in [0.1, 0.15) is 27.0 Å². The third-order valence-corrected chi connectivity index (χ3v) is 5.20. The van der Waals surface area contributed by atoms with Crippen molar-refractivity contribution in [2.45, 2.75) is 19.8 Å². The van der Waals surface area contributed by atoms with Crippen molar-refractivity contribution in [3.63, 3.8) is 0 Å². The number of benzene rings is 1. The molecule has 0 bridgehead atoms. The summed E-state index contributed by atoms with van der Waals surface area (Å²) in [6, 6.07) is 3.28. The van der Waals surface area contributed by atoms with Crippen molar-refractivity contribution in [3.8, 4) is 16.2 Å². The average molecular weight is 331 g/mol. The third kappa shape index (κ3) is 2.43. The Kier molecular flexibility index (Phi) is 3.73. The van der Waals surface area contributed by atoms with Crippen molar-refractivity contribution in [2.75, 3.05) is 12.4 Å². The fourth-order valence-electron chi connectivity index (χ4n) is 3.12. The topological polar surface area (TPSA) is 107 Å². The molecule has 0 unspecified atom stereocenters. The maximum Gasteiger partial charge on any atom is 0.317 e. The van der Waals surface area contributed by atoms with Crippen LogP contribution in [0.2, 0.25) is 0 Å². The van der Waals surface area contributed by atoms with E-state index >= 15 is 0 Å². The van der Waals surface area contributed by atoms with Gasteiger partial charge in [-0.2, -0.15) is 0 Å². The number of hydrogen-bond acceptors (Lipinski definition) is 4. The van der Waals surface area contributed by atoms with Gasteiger partial charge >= 0.3 is 6.03 Å². The van der Waals surface area contributed by atoms with Gasteiger partial charge in [-0.1, -0.05) is 12.1 Å². The maximum atomic E-state index is 11.8. The lowest BCUT2D eigenvalue weighted by Gasteiger charge is -2.21. The van der Waals surface area contributed by atoms with Crippen LogP contribution in [0.5, 0.6) is 5.75 Å². The van der Waals surface area contributed by atoms with Gasteiger partial charge in [0.15, 0.2) is 0 Å². The zero-order valence-electron chi connectivity index (χ0n) is 12.9. The molecule has 1 heterocycles. The molecule has 0 fully saturated rings. The Morgan fingerprint density at radius 3 is 2.52 bits per heavy atom. The summed E-state index contributed by atoms with van der Waals surface area (Å²) in [6.07, 6.45) is 1.41. The molecule has 0 saturated carbocycles. The molecule has 120 valence electrons. The molecule has 1 aromatic heterocycles. The summed E-state index contributed by atoms with van der Waals surface area (Å²) in [5.74, 6) is 0.306. The van der Waals surface area contributed by atoms with Gasteiger partial charge < -0.3 is 16.2 Å². The fraction of sp³-hybridized carbons (Fsp3) is 0.250. The summed E-state index contributed by atoms with van der Waals surface area (Å²) in [7, 11) is 1.65. The second-order valence-corrected chi connectivity index (χ2v) is 6.43. The SMILES string of the molecule is COc1c(C)ccc2c1CCc1c-2sc(NC(N)=O)c1C(N)=O. The number of nitrogens with two attached hydrogens (primary N) is 2. The molecule has 3 amide bonds. The highest BCUT2D eigenvalue weighted by molar-refractivity contribution is 7.20. The number of nitrogens with one attached hydrogen (secondary N) is 1. The minimum Gasteiger partial charge on any atom is -0.496 e. The number of aryl methyl sites for hydroxylation is 1. The zero-order valence-corrected chi connectivity index (χ0v) is 13.7. The minimum absolute atomic E-state index is 0.356. The number of methoxy groups -OCH3 is 1. The van der Waals surface area contributed by atoms with Gasteiger partial charge in [0.25, 0.3) is 5.91 Å². The lowest BCUT2D eigenvalue weighted by atomic mass is 9.87. The molecule has 5 N–H and O–H groups in total. The smallest absolute Gasteiger partial charge is 0.317 e. The molecule has 6 nitrogen and oxygen atoms in total. The van der Waals surface area contributed by atoms with Gasteiger partial charge in [-0.15, -0.1) is 11.3 Å². The molecule has 0 radical (unpaired) electrons. The highest BCUT2D eigenvalue weighted by Gasteiger charge is 2.29. The van der Waals surface area contributed by atoms with Crippen molar-refractivity contribution in [1.29, 1.82) is 0 Å². The van der Waals surface area contributed by atoms with Crippen molar-refractivity contribution in [3.05, 3.63) is 34.4 Å². The van der Waals surface area contributed by atoms with Crippen molar-refractivity contribution < 1.29 is 14.3 Å². The molecule has 1 aliphatic rings. The number of primary amides is 2. The zero-order chi connectivity index (χ0) is 16.7. The lowest BCUT2D eigenvalue weighted by molar-refractivity contribution is 0.100. The molecule has 7 heteroatoms. The van der Waals surface area contributed by atoms with Gasteiger partial charge in [0, 0.05) is 10.4 Å². The van der Waals surface area contributed by atoms with E-state index in [0.717, 1.165) is 39.3 Å². The van der Waals surface area contributed by atoms with E-state index in [0.29, 0.717) is 17.0 Å². The Morgan fingerprint density at radius 2 is 1.91 bits per heavy atom. The van der Waals surface area contributed by atoms with Gasteiger partial charge in [0.05, 0.1) is 12.7 Å². The molecule has 3 rings (SSSR count). The maximum absolute atomic E-state index is 11.8. The number of thiophene rings is 1. The van der Waals surface area contributed by atoms with Crippen LogP contribution < -0.4 is 21.5 Å². The number of carbonyl (C=O) groups is 2. The molecule has 0 aliphatic heterocycles. The Morgan fingerprint density at radius 1 is 1.22 bits per heavy atom. The Hall–Kier alpha value is -2.54. The van der Waals surface area contributed by atoms with Crippen LogP contribution in [-0.4, -0.2) is 19.0 Å². The number of hydrogen-bond donors (Lipinski definition) is 3. The predicted octanol–water partition coefficient (Wildman–Crippen LogP) is 2.42. The highest BCUT2D eigenvalue weighted by atomic mass is 32.1. The molecule has 0 atom stereocenters. The molecule has 1 aromatic carbocycles. The van der Waals surface area contributed by atoms with Crippen LogP contribution in [0.3, 0.4) is 0 Å². The standard InChI is InChI=1S/C16H17N3O3S/c1-7-3-4-9-8(12(7)22-2)5-6-10-11(14(17)20)15(19-16(18)21)23-13(9)10/h3-4H,5-6H2,1-2H3,(H2,17,20)(H3,18,19,21). The Balaban J connectivity index is 2.24. The largest absolute Gasteiger partial charge is 0.496 e. The van der Waals surface area contributed by atoms with Crippen LogP contribution in [0.15, 0.2) is 12.1 Å². The van der Waals surface area contributed by atoms with Gasteiger partial charge in [0.2, 0.25) is 0 Å². The van der Waals surface area contributed by atoms with E-state index in [4.69, 9.17) is 16.2 Å². The van der Waals surface area contributed by atoms with Gasteiger partial charge in [-0.3, -0.25) is 10.1 Å². The summed E-state index contributed by atoms with van der Waals surface area (Å²) in [6.45, 7) is 2.00. The molecule has 0 saturated heterocycles. The number of anilines is 1. The second-order valence-electron chi connectivity index (χ2n) is 5.41. The van der Waals surface area contributed by atoms with Crippen LogP contribution in [-0.2, 0) is 12.8 Å². The average Bonchev–Trinajstić information content (AvgIpc) is 2.84. The lowest BCUT2D eigenvalue weighted by Crippen LogP contribution is -2.22. The normalized spacial score (nSPS) is 12.3. The monoisotopic (exact) mass is 331 g/mol. The molecule has 23 heavy (non-hydrogen) atoms. The quantitative estimate of drug-likeness (QED) is 0.803. The first-order chi connectivity index (χ1) is 10.9. The first kappa shape index (κ1) is 15.4. The Bertz CT molecular complexity index is 826. The highest BCUT2D eigenvalue weighted by Crippen LogP contribution is 2.47. The van der Waals surface area contributed by atoms with Crippen molar-refractivity contribution in [2.24, 2.45) is 11.5 Å². The summed E-state index contributed by atoms with van der Waals surface area (Å²) in [5.41, 5.74) is 15.1. The van der Waals surface area contributed by atoms with Gasteiger partial charge in [-0.05, 0) is 36.5 Å². The summed E-state index contributed by atoms with van der Waals surface area (Å²) < 4.78 is 5.53. The molecular formula is C16H17N3O3S. The van der Waals surface area contributed by atoms with Crippen LogP contribution in [0.4, 0.5) is 9.80 Å².